The van der Waals surface area contributed by atoms with Crippen LogP contribution in [-0.2, 0) is 6.54 Å². The fourth-order valence-electron chi connectivity index (χ4n) is 3.77. The highest BCUT2D eigenvalue weighted by atomic mass is 16.3. The van der Waals surface area contributed by atoms with Gasteiger partial charge in [0.25, 0.3) is 5.91 Å². The van der Waals surface area contributed by atoms with Crippen molar-refractivity contribution in [1.29, 1.82) is 0 Å². The number of nitrogens with zero attached hydrogens (tertiary/aromatic N) is 3. The summed E-state index contributed by atoms with van der Waals surface area (Å²) in [6, 6.07) is 6.09. The lowest BCUT2D eigenvalue weighted by molar-refractivity contribution is 0.0631. The van der Waals surface area contributed by atoms with Crippen molar-refractivity contribution in [2.75, 3.05) is 13.1 Å². The quantitative estimate of drug-likeness (QED) is 0.730. The molecule has 0 bridgehead atoms. The smallest absolute Gasteiger partial charge is 0.289 e. The number of piperidine rings is 1. The maximum atomic E-state index is 13.0. The SMILES string of the molecule is Cc1ccc2c(C)c(C(=O)N3CCCC(Cn4ccnc4)C3)oc2c1. The van der Waals surface area contributed by atoms with Gasteiger partial charge in [0.05, 0.1) is 6.33 Å². The summed E-state index contributed by atoms with van der Waals surface area (Å²) in [6.45, 7) is 6.48. The number of rotatable bonds is 3. The van der Waals surface area contributed by atoms with Crippen LogP contribution in [0.2, 0.25) is 0 Å². The molecule has 0 spiro atoms. The van der Waals surface area contributed by atoms with E-state index in [1.165, 1.54) is 0 Å². The molecule has 1 amide bonds. The van der Waals surface area contributed by atoms with E-state index >= 15 is 0 Å². The van der Waals surface area contributed by atoms with Gasteiger partial charge >= 0.3 is 0 Å². The average molecular weight is 337 g/mol. The maximum absolute atomic E-state index is 13.0. The Hall–Kier alpha value is -2.56. The van der Waals surface area contributed by atoms with Crippen molar-refractivity contribution in [3.05, 3.63) is 53.8 Å². The Bertz CT molecular complexity index is 895. The van der Waals surface area contributed by atoms with Gasteiger partial charge in [0, 0.05) is 43.0 Å². The second-order valence-electron chi connectivity index (χ2n) is 7.07. The van der Waals surface area contributed by atoms with Crippen molar-refractivity contribution in [3.63, 3.8) is 0 Å². The van der Waals surface area contributed by atoms with Crippen molar-refractivity contribution >= 4 is 16.9 Å². The standard InChI is InChI=1S/C20H23N3O2/c1-14-5-6-17-15(2)19(25-18(17)10-14)20(24)23-8-3-4-16(12-23)11-22-9-7-21-13-22/h5-7,9-10,13,16H,3-4,8,11-12H2,1-2H3. The largest absolute Gasteiger partial charge is 0.451 e. The van der Waals surface area contributed by atoms with Crippen LogP contribution in [0.25, 0.3) is 11.0 Å². The van der Waals surface area contributed by atoms with Crippen LogP contribution in [0.1, 0.15) is 34.5 Å². The molecule has 1 unspecified atom stereocenters. The van der Waals surface area contributed by atoms with Gasteiger partial charge in [-0.2, -0.15) is 0 Å². The minimum absolute atomic E-state index is 0.0154. The van der Waals surface area contributed by atoms with E-state index in [9.17, 15) is 4.79 Å². The number of carbonyl (C=O) groups is 1. The number of fused-ring (bicyclic) bond motifs is 1. The fraction of sp³-hybridized carbons (Fsp3) is 0.400. The molecule has 5 nitrogen and oxygen atoms in total. The summed E-state index contributed by atoms with van der Waals surface area (Å²) in [5.41, 5.74) is 2.88. The van der Waals surface area contributed by atoms with Gasteiger partial charge in [-0.1, -0.05) is 12.1 Å². The Kier molecular flexibility index (Phi) is 4.07. The number of aromatic nitrogens is 2. The molecule has 25 heavy (non-hydrogen) atoms. The van der Waals surface area contributed by atoms with E-state index in [2.05, 4.69) is 15.6 Å². The number of amides is 1. The molecule has 1 aromatic carbocycles. The summed E-state index contributed by atoms with van der Waals surface area (Å²) < 4.78 is 8.02. The van der Waals surface area contributed by atoms with E-state index in [4.69, 9.17) is 4.42 Å². The van der Waals surface area contributed by atoms with Crippen LogP contribution in [0.4, 0.5) is 0 Å². The van der Waals surface area contributed by atoms with Crippen LogP contribution in [0.3, 0.4) is 0 Å². The summed E-state index contributed by atoms with van der Waals surface area (Å²) in [7, 11) is 0. The highest BCUT2D eigenvalue weighted by molar-refractivity contribution is 5.99. The van der Waals surface area contributed by atoms with Crippen LogP contribution in [0.5, 0.6) is 0 Å². The molecule has 3 heterocycles. The fourth-order valence-corrected chi connectivity index (χ4v) is 3.77. The molecule has 1 saturated heterocycles. The minimum Gasteiger partial charge on any atom is -0.451 e. The second kappa shape index (κ2) is 6.39. The molecule has 3 aromatic rings. The lowest BCUT2D eigenvalue weighted by atomic mass is 9.97. The Balaban J connectivity index is 1.55. The van der Waals surface area contributed by atoms with Gasteiger partial charge < -0.3 is 13.9 Å². The van der Waals surface area contributed by atoms with Crippen molar-refractivity contribution in [2.45, 2.75) is 33.2 Å². The van der Waals surface area contributed by atoms with Crippen LogP contribution in [-0.4, -0.2) is 33.4 Å². The molecule has 1 fully saturated rings. The van der Waals surface area contributed by atoms with E-state index < -0.39 is 0 Å². The lowest BCUT2D eigenvalue weighted by Gasteiger charge is -2.32. The normalized spacial score (nSPS) is 18.0. The molecule has 2 aromatic heterocycles. The van der Waals surface area contributed by atoms with Gasteiger partial charge in [-0.15, -0.1) is 0 Å². The van der Waals surface area contributed by atoms with Gasteiger partial charge in [0.1, 0.15) is 5.58 Å². The number of furan rings is 1. The van der Waals surface area contributed by atoms with Gasteiger partial charge in [0.2, 0.25) is 0 Å². The van der Waals surface area contributed by atoms with Crippen LogP contribution < -0.4 is 0 Å². The molecule has 1 aliphatic rings. The van der Waals surface area contributed by atoms with E-state index in [1.54, 1.807) is 6.20 Å². The monoisotopic (exact) mass is 337 g/mol. The number of carbonyl (C=O) groups excluding carboxylic acids is 1. The van der Waals surface area contributed by atoms with E-state index in [-0.39, 0.29) is 5.91 Å². The highest BCUT2D eigenvalue weighted by Gasteiger charge is 2.28. The molecular weight excluding hydrogens is 314 g/mol. The molecule has 0 radical (unpaired) electrons. The Labute approximate surface area is 147 Å². The lowest BCUT2D eigenvalue weighted by Crippen LogP contribution is -2.41. The first-order valence-electron chi connectivity index (χ1n) is 8.86. The molecule has 0 saturated carbocycles. The molecule has 130 valence electrons. The first-order valence-corrected chi connectivity index (χ1v) is 8.86. The predicted octanol–water partition coefficient (Wildman–Crippen LogP) is 3.80. The third kappa shape index (κ3) is 3.06. The van der Waals surface area contributed by atoms with Crippen molar-refractivity contribution in [3.8, 4) is 0 Å². The number of hydrogen-bond donors (Lipinski definition) is 0. The predicted molar refractivity (Wildman–Crippen MR) is 96.5 cm³/mol. The van der Waals surface area contributed by atoms with Gasteiger partial charge in [-0.3, -0.25) is 4.79 Å². The molecule has 0 aliphatic carbocycles. The number of hydrogen-bond acceptors (Lipinski definition) is 3. The maximum Gasteiger partial charge on any atom is 0.289 e. The van der Waals surface area contributed by atoms with E-state index in [0.717, 1.165) is 54.6 Å². The van der Waals surface area contributed by atoms with Crippen LogP contribution in [0, 0.1) is 19.8 Å². The van der Waals surface area contributed by atoms with Crippen LogP contribution >= 0.6 is 0 Å². The number of benzene rings is 1. The Morgan fingerprint density at radius 2 is 2.24 bits per heavy atom. The summed E-state index contributed by atoms with van der Waals surface area (Å²) in [6.07, 6.45) is 7.79. The summed E-state index contributed by atoms with van der Waals surface area (Å²) in [4.78, 5) is 19.1. The van der Waals surface area contributed by atoms with Crippen molar-refractivity contribution < 1.29 is 9.21 Å². The second-order valence-corrected chi connectivity index (χ2v) is 7.07. The average Bonchev–Trinajstić information content (AvgIpc) is 3.22. The third-order valence-electron chi connectivity index (χ3n) is 5.12. The molecule has 1 atom stereocenters. The Morgan fingerprint density at radius 1 is 1.36 bits per heavy atom. The zero-order valence-electron chi connectivity index (χ0n) is 14.7. The molecule has 4 rings (SSSR count). The zero-order valence-corrected chi connectivity index (χ0v) is 14.7. The van der Waals surface area contributed by atoms with Crippen LogP contribution in [0.15, 0.2) is 41.3 Å². The first-order chi connectivity index (χ1) is 12.1. The van der Waals surface area contributed by atoms with Gasteiger partial charge in [-0.25, -0.2) is 4.98 Å². The molecule has 1 aliphatic heterocycles. The van der Waals surface area contributed by atoms with Crippen molar-refractivity contribution in [2.24, 2.45) is 5.92 Å². The summed E-state index contributed by atoms with van der Waals surface area (Å²) in [5.74, 6) is 0.962. The van der Waals surface area contributed by atoms with Gasteiger partial charge in [0.15, 0.2) is 5.76 Å². The van der Waals surface area contributed by atoms with Gasteiger partial charge in [-0.05, 0) is 44.2 Å². The highest BCUT2D eigenvalue weighted by Crippen LogP contribution is 2.28. The minimum atomic E-state index is 0.0154. The Morgan fingerprint density at radius 3 is 3.04 bits per heavy atom. The molecule has 0 N–H and O–H groups in total. The first kappa shape index (κ1) is 15.9. The van der Waals surface area contributed by atoms with Crippen molar-refractivity contribution in [1.82, 2.24) is 14.5 Å². The van der Waals surface area contributed by atoms with E-state index in [1.807, 2.05) is 43.4 Å². The third-order valence-corrected chi connectivity index (χ3v) is 5.12. The van der Waals surface area contributed by atoms with E-state index in [0.29, 0.717) is 11.7 Å². The zero-order chi connectivity index (χ0) is 17.4. The molecular formula is C20H23N3O2. The number of likely N-dealkylation sites (tertiary alicyclic amines) is 1. The summed E-state index contributed by atoms with van der Waals surface area (Å²) in [5, 5.41) is 1.03. The number of imidazole rings is 1. The summed E-state index contributed by atoms with van der Waals surface area (Å²) >= 11 is 0. The number of aryl methyl sites for hydroxylation is 2. The molecule has 5 heteroatoms. The topological polar surface area (TPSA) is 51.3 Å².